The maximum Gasteiger partial charge on any atom is 0.0545 e. The molecule has 2 aliphatic rings. The standard InChI is InChI=1S/C13H21BrO/c1-9(15)11-5-6-12-10(8-14)4-3-7-13(11,12)2/h8-9,11-12,15H,3-7H2,1-2H3/b10-8+/t9-,11-,12?,13-/m1/s1. The summed E-state index contributed by atoms with van der Waals surface area (Å²) in [5.41, 5.74) is 1.93. The van der Waals surface area contributed by atoms with Gasteiger partial charge in [0.1, 0.15) is 0 Å². The van der Waals surface area contributed by atoms with Gasteiger partial charge in [-0.1, -0.05) is 28.4 Å². The molecule has 0 saturated heterocycles. The highest BCUT2D eigenvalue weighted by molar-refractivity contribution is 9.11. The summed E-state index contributed by atoms with van der Waals surface area (Å²) in [7, 11) is 0. The van der Waals surface area contributed by atoms with Crippen molar-refractivity contribution in [1.29, 1.82) is 0 Å². The Bertz CT molecular complexity index is 272. The van der Waals surface area contributed by atoms with Crippen LogP contribution in [0.3, 0.4) is 0 Å². The van der Waals surface area contributed by atoms with E-state index in [1.54, 1.807) is 5.57 Å². The zero-order chi connectivity index (χ0) is 11.1. The molecular weight excluding hydrogens is 252 g/mol. The molecule has 15 heavy (non-hydrogen) atoms. The van der Waals surface area contributed by atoms with E-state index in [-0.39, 0.29) is 6.10 Å². The molecule has 0 aliphatic heterocycles. The van der Waals surface area contributed by atoms with Gasteiger partial charge in [-0.05, 0) is 61.3 Å². The van der Waals surface area contributed by atoms with Crippen LogP contribution in [0.25, 0.3) is 0 Å². The molecule has 0 aromatic heterocycles. The first-order valence-corrected chi connectivity index (χ1v) is 6.98. The average molecular weight is 273 g/mol. The predicted molar refractivity (Wildman–Crippen MR) is 66.9 cm³/mol. The first-order chi connectivity index (χ1) is 7.09. The number of aliphatic hydroxyl groups is 1. The summed E-state index contributed by atoms with van der Waals surface area (Å²) < 4.78 is 0. The van der Waals surface area contributed by atoms with E-state index in [1.165, 1.54) is 32.1 Å². The Hall–Kier alpha value is 0.180. The number of fused-ring (bicyclic) bond motifs is 1. The predicted octanol–water partition coefficient (Wildman–Crippen LogP) is 3.86. The van der Waals surface area contributed by atoms with Crippen LogP contribution in [0.1, 0.15) is 46.0 Å². The summed E-state index contributed by atoms with van der Waals surface area (Å²) in [6, 6.07) is 0. The van der Waals surface area contributed by atoms with E-state index in [4.69, 9.17) is 0 Å². The lowest BCUT2D eigenvalue weighted by atomic mass is 9.63. The van der Waals surface area contributed by atoms with E-state index in [0.29, 0.717) is 17.3 Å². The first-order valence-electron chi connectivity index (χ1n) is 6.07. The highest BCUT2D eigenvalue weighted by Gasteiger charge is 2.50. The second-order valence-corrected chi connectivity index (χ2v) is 5.98. The van der Waals surface area contributed by atoms with Crippen molar-refractivity contribution in [3.05, 3.63) is 10.6 Å². The first kappa shape index (κ1) is 11.7. The van der Waals surface area contributed by atoms with Gasteiger partial charge in [-0.15, -0.1) is 0 Å². The van der Waals surface area contributed by atoms with E-state index in [2.05, 4.69) is 27.8 Å². The molecule has 1 N–H and O–H groups in total. The molecule has 1 nitrogen and oxygen atoms in total. The Balaban J connectivity index is 2.27. The smallest absolute Gasteiger partial charge is 0.0545 e. The van der Waals surface area contributed by atoms with Crippen molar-refractivity contribution in [2.45, 2.75) is 52.1 Å². The van der Waals surface area contributed by atoms with E-state index < -0.39 is 0 Å². The molecule has 2 heteroatoms. The summed E-state index contributed by atoms with van der Waals surface area (Å²) in [6.07, 6.45) is 6.14. The van der Waals surface area contributed by atoms with Gasteiger partial charge in [0.15, 0.2) is 0 Å². The minimum atomic E-state index is -0.144. The molecule has 86 valence electrons. The fourth-order valence-electron chi connectivity index (χ4n) is 4.00. The second-order valence-electron chi connectivity index (χ2n) is 5.52. The molecular formula is C13H21BrO. The Morgan fingerprint density at radius 2 is 2.27 bits per heavy atom. The monoisotopic (exact) mass is 272 g/mol. The topological polar surface area (TPSA) is 20.2 Å². The average Bonchev–Trinajstić information content (AvgIpc) is 2.54. The van der Waals surface area contributed by atoms with Gasteiger partial charge in [0.25, 0.3) is 0 Å². The summed E-state index contributed by atoms with van der Waals surface area (Å²) >= 11 is 3.50. The number of halogens is 1. The molecule has 2 rings (SSSR count). The van der Waals surface area contributed by atoms with Gasteiger partial charge in [-0.2, -0.15) is 0 Å². The fourth-order valence-corrected chi connectivity index (χ4v) is 4.55. The van der Waals surface area contributed by atoms with Gasteiger partial charge in [0, 0.05) is 0 Å². The summed E-state index contributed by atoms with van der Waals surface area (Å²) in [5, 5.41) is 9.88. The quantitative estimate of drug-likeness (QED) is 0.769. The van der Waals surface area contributed by atoms with E-state index >= 15 is 0 Å². The molecule has 1 unspecified atom stereocenters. The summed E-state index contributed by atoms with van der Waals surface area (Å²) in [6.45, 7) is 4.35. The van der Waals surface area contributed by atoms with Crippen molar-refractivity contribution in [3.63, 3.8) is 0 Å². The third-order valence-corrected chi connectivity index (χ3v) is 5.35. The maximum atomic E-state index is 9.88. The van der Waals surface area contributed by atoms with Crippen LogP contribution in [0.4, 0.5) is 0 Å². The van der Waals surface area contributed by atoms with Crippen molar-refractivity contribution in [2.75, 3.05) is 0 Å². The van der Waals surface area contributed by atoms with E-state index in [9.17, 15) is 5.11 Å². The molecule has 0 bridgehead atoms. The molecule has 0 radical (unpaired) electrons. The van der Waals surface area contributed by atoms with Gasteiger partial charge >= 0.3 is 0 Å². The second kappa shape index (κ2) is 4.21. The van der Waals surface area contributed by atoms with Crippen molar-refractivity contribution < 1.29 is 5.11 Å². The number of allylic oxidation sites excluding steroid dienone is 1. The molecule has 2 saturated carbocycles. The van der Waals surface area contributed by atoms with Crippen LogP contribution in [0.2, 0.25) is 0 Å². The van der Waals surface area contributed by atoms with Crippen molar-refractivity contribution in [2.24, 2.45) is 17.3 Å². The van der Waals surface area contributed by atoms with Gasteiger partial charge in [-0.3, -0.25) is 0 Å². The molecule has 2 fully saturated rings. The van der Waals surface area contributed by atoms with Crippen LogP contribution in [0, 0.1) is 17.3 Å². The van der Waals surface area contributed by atoms with E-state index in [1.807, 2.05) is 6.92 Å². The van der Waals surface area contributed by atoms with Gasteiger partial charge < -0.3 is 5.11 Å². The molecule has 0 amide bonds. The third-order valence-electron chi connectivity index (χ3n) is 4.76. The molecule has 4 atom stereocenters. The minimum Gasteiger partial charge on any atom is -0.393 e. The van der Waals surface area contributed by atoms with Crippen LogP contribution in [-0.2, 0) is 0 Å². The number of hydrogen-bond donors (Lipinski definition) is 1. The lowest BCUT2D eigenvalue weighted by molar-refractivity contribution is 0.0303. The summed E-state index contributed by atoms with van der Waals surface area (Å²) in [5.74, 6) is 1.22. The SMILES string of the molecule is C[C@@H](O)[C@H]1CCC2/C(=C/Br)CCC[C@@]21C. The highest BCUT2D eigenvalue weighted by Crippen LogP contribution is 2.58. The van der Waals surface area contributed by atoms with Gasteiger partial charge in [-0.25, -0.2) is 0 Å². The largest absolute Gasteiger partial charge is 0.393 e. The van der Waals surface area contributed by atoms with Crippen LogP contribution in [0.5, 0.6) is 0 Å². The number of rotatable bonds is 1. The molecule has 0 aromatic rings. The molecule has 2 aliphatic carbocycles. The number of hydrogen-bond acceptors (Lipinski definition) is 1. The van der Waals surface area contributed by atoms with Gasteiger partial charge in [0.2, 0.25) is 0 Å². The van der Waals surface area contributed by atoms with Crippen LogP contribution in [-0.4, -0.2) is 11.2 Å². The zero-order valence-electron chi connectivity index (χ0n) is 9.67. The Morgan fingerprint density at radius 3 is 2.87 bits per heavy atom. The number of aliphatic hydroxyl groups excluding tert-OH is 1. The van der Waals surface area contributed by atoms with Crippen molar-refractivity contribution >= 4 is 15.9 Å². The molecule has 0 aromatic carbocycles. The van der Waals surface area contributed by atoms with E-state index in [0.717, 1.165) is 0 Å². The minimum absolute atomic E-state index is 0.144. The Kier molecular flexibility index (Phi) is 3.27. The lowest BCUT2D eigenvalue weighted by Crippen LogP contribution is -2.37. The Morgan fingerprint density at radius 1 is 1.53 bits per heavy atom. The van der Waals surface area contributed by atoms with Crippen LogP contribution in [0.15, 0.2) is 10.6 Å². The lowest BCUT2D eigenvalue weighted by Gasteiger charge is -2.43. The van der Waals surface area contributed by atoms with Crippen molar-refractivity contribution in [3.8, 4) is 0 Å². The molecule has 0 heterocycles. The zero-order valence-corrected chi connectivity index (χ0v) is 11.3. The maximum absolute atomic E-state index is 9.88. The third kappa shape index (κ3) is 1.80. The normalized spacial score (nSPS) is 45.5. The highest BCUT2D eigenvalue weighted by atomic mass is 79.9. The molecule has 0 spiro atoms. The summed E-state index contributed by atoms with van der Waals surface area (Å²) in [4.78, 5) is 2.14. The van der Waals surface area contributed by atoms with Gasteiger partial charge in [0.05, 0.1) is 6.10 Å². The van der Waals surface area contributed by atoms with Crippen LogP contribution >= 0.6 is 15.9 Å². The van der Waals surface area contributed by atoms with Crippen LogP contribution < -0.4 is 0 Å². The Labute approximate surface area is 101 Å². The van der Waals surface area contributed by atoms with Crippen molar-refractivity contribution in [1.82, 2.24) is 0 Å². The fraction of sp³-hybridized carbons (Fsp3) is 0.846.